The van der Waals surface area contributed by atoms with Gasteiger partial charge in [-0.05, 0) is 69.7 Å². The van der Waals surface area contributed by atoms with Crippen LogP contribution in [0.15, 0.2) is 29.2 Å². The van der Waals surface area contributed by atoms with Crippen LogP contribution >= 0.6 is 0 Å². The molecule has 0 amide bonds. The van der Waals surface area contributed by atoms with E-state index < -0.39 is 0 Å². The van der Waals surface area contributed by atoms with Crippen molar-refractivity contribution in [2.75, 3.05) is 26.2 Å². The lowest BCUT2D eigenvalue weighted by molar-refractivity contribution is -0.0366. The standard InChI is InChI=1S/C27H38N6O2/c34-27-29-26(21-10-7-15-31(19-21)16-14-20-8-2-1-3-9-20)30-33(27)24-12-6-11-23-22(24)18-28-32(23)25-13-4-5-17-35-25/h6,11-12,18,20-21,25H,1-5,7-10,13-17,19H2,(H,29,30,34)/t21-,25?/m0/s1. The second-order valence-electron chi connectivity index (χ2n) is 10.8. The molecule has 0 radical (unpaired) electrons. The van der Waals surface area contributed by atoms with Crippen LogP contribution in [0.25, 0.3) is 16.6 Å². The number of nitrogens with one attached hydrogen (secondary N) is 1. The molecule has 0 spiro atoms. The van der Waals surface area contributed by atoms with E-state index in [4.69, 9.17) is 9.84 Å². The van der Waals surface area contributed by atoms with Gasteiger partial charge >= 0.3 is 5.69 Å². The van der Waals surface area contributed by atoms with Gasteiger partial charge in [-0.1, -0.05) is 38.2 Å². The second-order valence-corrected chi connectivity index (χ2v) is 10.8. The quantitative estimate of drug-likeness (QED) is 0.553. The van der Waals surface area contributed by atoms with Gasteiger partial charge in [0.05, 0.1) is 17.4 Å². The molecule has 1 saturated carbocycles. The first-order valence-corrected chi connectivity index (χ1v) is 13.8. The van der Waals surface area contributed by atoms with E-state index in [1.165, 1.54) is 49.8 Å². The number of nitrogens with zero attached hydrogens (tertiary/aromatic N) is 5. The Bertz CT molecular complexity index is 1180. The summed E-state index contributed by atoms with van der Waals surface area (Å²) in [4.78, 5) is 18.7. The van der Waals surface area contributed by atoms with Crippen molar-refractivity contribution in [3.8, 4) is 5.69 Å². The minimum absolute atomic E-state index is 0.0372. The first kappa shape index (κ1) is 23.0. The zero-order valence-corrected chi connectivity index (χ0v) is 20.7. The Morgan fingerprint density at radius 1 is 1.03 bits per heavy atom. The molecule has 1 N–H and O–H groups in total. The zero-order chi connectivity index (χ0) is 23.6. The van der Waals surface area contributed by atoms with E-state index in [9.17, 15) is 4.79 Å². The number of piperidine rings is 1. The Kier molecular flexibility index (Phi) is 6.74. The average molecular weight is 479 g/mol. The van der Waals surface area contributed by atoms with E-state index in [0.29, 0.717) is 0 Å². The monoisotopic (exact) mass is 478 g/mol. The Hall–Kier alpha value is -2.45. The molecule has 3 fully saturated rings. The van der Waals surface area contributed by atoms with Crippen LogP contribution in [-0.2, 0) is 4.74 Å². The summed E-state index contributed by atoms with van der Waals surface area (Å²) < 4.78 is 9.45. The first-order valence-electron chi connectivity index (χ1n) is 13.8. The second kappa shape index (κ2) is 10.3. The largest absolute Gasteiger partial charge is 0.356 e. The molecule has 0 bridgehead atoms. The summed E-state index contributed by atoms with van der Waals surface area (Å²) in [6.07, 6.45) is 15.6. The topological polar surface area (TPSA) is 81.0 Å². The molecule has 6 rings (SSSR count). The third-order valence-corrected chi connectivity index (χ3v) is 8.38. The van der Waals surface area contributed by atoms with Gasteiger partial charge in [0.15, 0.2) is 6.23 Å². The fourth-order valence-electron chi connectivity index (χ4n) is 6.40. The number of H-pyrrole nitrogens is 1. The van der Waals surface area contributed by atoms with E-state index in [0.717, 1.165) is 80.1 Å². The van der Waals surface area contributed by atoms with Crippen molar-refractivity contribution < 1.29 is 4.74 Å². The maximum absolute atomic E-state index is 13.0. The van der Waals surface area contributed by atoms with E-state index in [2.05, 4.69) is 15.0 Å². The van der Waals surface area contributed by atoms with Gasteiger partial charge in [0.2, 0.25) is 0 Å². The molecule has 2 saturated heterocycles. The zero-order valence-electron chi connectivity index (χ0n) is 20.7. The molecule has 1 unspecified atom stereocenters. The summed E-state index contributed by atoms with van der Waals surface area (Å²) >= 11 is 0. The van der Waals surface area contributed by atoms with Crippen molar-refractivity contribution in [1.29, 1.82) is 0 Å². The van der Waals surface area contributed by atoms with Crippen LogP contribution in [0.5, 0.6) is 0 Å². The number of rotatable bonds is 6. The van der Waals surface area contributed by atoms with Crippen molar-refractivity contribution in [2.24, 2.45) is 5.92 Å². The van der Waals surface area contributed by atoms with Gasteiger partial charge < -0.3 is 9.64 Å². The Morgan fingerprint density at radius 2 is 1.91 bits per heavy atom. The summed E-state index contributed by atoms with van der Waals surface area (Å²) in [5, 5.41) is 10.4. The van der Waals surface area contributed by atoms with Crippen molar-refractivity contribution in [2.45, 2.75) is 82.8 Å². The maximum Gasteiger partial charge on any atom is 0.348 e. The van der Waals surface area contributed by atoms with E-state index >= 15 is 0 Å². The van der Waals surface area contributed by atoms with Crippen LogP contribution in [0.4, 0.5) is 0 Å². The summed E-state index contributed by atoms with van der Waals surface area (Å²) in [6, 6.07) is 5.99. The number of hydrogen-bond acceptors (Lipinski definition) is 5. The molecular formula is C27H38N6O2. The smallest absolute Gasteiger partial charge is 0.348 e. The third-order valence-electron chi connectivity index (χ3n) is 8.38. The van der Waals surface area contributed by atoms with Crippen LogP contribution in [0.1, 0.15) is 88.6 Å². The molecular weight excluding hydrogens is 440 g/mol. The molecule has 2 atom stereocenters. The Morgan fingerprint density at radius 3 is 2.77 bits per heavy atom. The van der Waals surface area contributed by atoms with Gasteiger partial charge in [0.25, 0.3) is 0 Å². The van der Waals surface area contributed by atoms with Crippen LogP contribution in [0, 0.1) is 5.92 Å². The van der Waals surface area contributed by atoms with Gasteiger partial charge in [-0.3, -0.25) is 4.98 Å². The van der Waals surface area contributed by atoms with Crippen molar-refractivity contribution in [3.05, 3.63) is 40.7 Å². The minimum Gasteiger partial charge on any atom is -0.356 e. The van der Waals surface area contributed by atoms with Gasteiger partial charge in [-0.25, -0.2) is 9.48 Å². The maximum atomic E-state index is 13.0. The molecule has 35 heavy (non-hydrogen) atoms. The third kappa shape index (κ3) is 4.83. The predicted molar refractivity (Wildman–Crippen MR) is 136 cm³/mol. The highest BCUT2D eigenvalue weighted by atomic mass is 16.5. The van der Waals surface area contributed by atoms with Gasteiger partial charge in [0, 0.05) is 24.5 Å². The first-order chi connectivity index (χ1) is 17.3. The van der Waals surface area contributed by atoms with Crippen LogP contribution < -0.4 is 5.69 Å². The highest BCUT2D eigenvalue weighted by molar-refractivity contribution is 5.87. The molecule has 2 aromatic heterocycles. The summed E-state index contributed by atoms with van der Waals surface area (Å²) in [5.41, 5.74) is 1.59. The molecule has 2 aliphatic heterocycles. The van der Waals surface area contributed by atoms with Gasteiger partial charge in [0.1, 0.15) is 5.82 Å². The van der Waals surface area contributed by atoms with E-state index in [1.807, 2.05) is 29.1 Å². The Balaban J connectivity index is 1.20. The molecule has 8 heteroatoms. The van der Waals surface area contributed by atoms with Crippen molar-refractivity contribution in [3.63, 3.8) is 0 Å². The Labute approximate surface area is 206 Å². The number of fused-ring (bicyclic) bond motifs is 1. The van der Waals surface area contributed by atoms with Gasteiger partial charge in [-0.15, -0.1) is 5.10 Å². The van der Waals surface area contributed by atoms with Crippen LogP contribution in [0.2, 0.25) is 0 Å². The fraction of sp³-hybridized carbons (Fsp3) is 0.667. The number of benzene rings is 1. The summed E-state index contributed by atoms with van der Waals surface area (Å²) in [7, 11) is 0. The van der Waals surface area contributed by atoms with Crippen molar-refractivity contribution in [1.82, 2.24) is 29.4 Å². The van der Waals surface area contributed by atoms with Gasteiger partial charge in [-0.2, -0.15) is 9.78 Å². The molecule has 3 aliphatic rings. The number of aromatic nitrogens is 5. The van der Waals surface area contributed by atoms with E-state index in [1.54, 1.807) is 0 Å². The average Bonchev–Trinajstić information content (AvgIpc) is 3.52. The minimum atomic E-state index is -0.173. The highest BCUT2D eigenvalue weighted by Gasteiger charge is 2.26. The number of likely N-dealkylation sites (tertiary alicyclic amines) is 1. The van der Waals surface area contributed by atoms with E-state index in [-0.39, 0.29) is 17.8 Å². The normalized spacial score (nSPS) is 24.8. The number of aromatic amines is 1. The van der Waals surface area contributed by atoms with Crippen LogP contribution in [0.3, 0.4) is 0 Å². The predicted octanol–water partition coefficient (Wildman–Crippen LogP) is 4.76. The van der Waals surface area contributed by atoms with Crippen molar-refractivity contribution >= 4 is 10.9 Å². The van der Waals surface area contributed by atoms with Crippen LogP contribution in [-0.4, -0.2) is 55.7 Å². The lowest BCUT2D eigenvalue weighted by Crippen LogP contribution is -2.36. The number of ether oxygens (including phenoxy) is 1. The fourth-order valence-corrected chi connectivity index (χ4v) is 6.40. The molecule has 4 heterocycles. The lowest BCUT2D eigenvalue weighted by Gasteiger charge is -2.33. The lowest BCUT2D eigenvalue weighted by atomic mass is 9.86. The molecule has 188 valence electrons. The number of hydrogen-bond donors (Lipinski definition) is 1. The molecule has 3 aromatic rings. The SMILES string of the molecule is O=c1[nH]c([C@H]2CCCN(CCC3CCCCC3)C2)nn1-c1cccc2c1cnn2C1CCCCO1. The highest BCUT2D eigenvalue weighted by Crippen LogP contribution is 2.30. The molecule has 1 aliphatic carbocycles. The molecule has 1 aromatic carbocycles. The summed E-state index contributed by atoms with van der Waals surface area (Å²) in [6.45, 7) is 4.09. The molecule has 8 nitrogen and oxygen atoms in total. The summed E-state index contributed by atoms with van der Waals surface area (Å²) in [5.74, 6) is 2.00.